The molecule has 2 aliphatic rings. The molecule has 2 rings (SSSR count). The molecule has 0 spiro atoms. The van der Waals surface area contributed by atoms with E-state index in [1.54, 1.807) is 0 Å². The van der Waals surface area contributed by atoms with Crippen molar-refractivity contribution in [3.8, 4) is 0 Å². The average Bonchev–Trinajstić information content (AvgIpc) is 2.87. The number of carboxylic acid groups (broad SMARTS) is 1. The van der Waals surface area contributed by atoms with Crippen molar-refractivity contribution in [1.82, 2.24) is 0 Å². The van der Waals surface area contributed by atoms with E-state index in [0.29, 0.717) is 12.8 Å². The van der Waals surface area contributed by atoms with Crippen LogP contribution < -0.4 is 0 Å². The van der Waals surface area contributed by atoms with Gasteiger partial charge < -0.3 is 15.3 Å². The summed E-state index contributed by atoms with van der Waals surface area (Å²) in [5.41, 5.74) is 0.0819. The minimum absolute atomic E-state index is 0.0819. The van der Waals surface area contributed by atoms with Crippen LogP contribution in [-0.2, 0) is 9.59 Å². The number of hydrogen-bond acceptors (Lipinski definition) is 4. The highest BCUT2D eigenvalue weighted by molar-refractivity contribution is 5.84. The standard InChI is InChI=1S/C23H38O5/c1-2-13-23(14-8-15-23)21(26)11-7-10-18-17(19(24)16-20(18)25)9-5-3-4-6-12-22(27)28/h7,10,17-18,20-21,25-26H,2-6,8-9,11-16H2,1H3,(H,27,28)/b10-7+/t17-,18-,20+,21+/m1/s1. The Balaban J connectivity index is 1.79. The summed E-state index contributed by atoms with van der Waals surface area (Å²) in [5.74, 6) is -0.919. The molecule has 160 valence electrons. The van der Waals surface area contributed by atoms with Crippen LogP contribution in [0.1, 0.15) is 90.4 Å². The molecular weight excluding hydrogens is 356 g/mol. The van der Waals surface area contributed by atoms with Crippen LogP contribution >= 0.6 is 0 Å². The topological polar surface area (TPSA) is 94.8 Å². The summed E-state index contributed by atoms with van der Waals surface area (Å²) in [5, 5.41) is 29.6. The lowest BCUT2D eigenvalue weighted by Crippen LogP contribution is -2.41. The van der Waals surface area contributed by atoms with E-state index < -0.39 is 12.1 Å². The number of ketones is 1. The van der Waals surface area contributed by atoms with Gasteiger partial charge in [0.25, 0.3) is 0 Å². The molecule has 0 aromatic rings. The third-order valence-electron chi connectivity index (χ3n) is 6.91. The van der Waals surface area contributed by atoms with Gasteiger partial charge in [0.1, 0.15) is 5.78 Å². The van der Waals surface area contributed by atoms with Crippen LogP contribution in [-0.4, -0.2) is 39.3 Å². The van der Waals surface area contributed by atoms with Gasteiger partial charge in [-0.1, -0.05) is 51.2 Å². The first kappa shape index (κ1) is 23.1. The summed E-state index contributed by atoms with van der Waals surface area (Å²) in [4.78, 5) is 22.8. The number of aliphatic carboxylic acids is 1. The van der Waals surface area contributed by atoms with Crippen molar-refractivity contribution in [2.24, 2.45) is 17.3 Å². The highest BCUT2D eigenvalue weighted by atomic mass is 16.4. The Morgan fingerprint density at radius 3 is 2.57 bits per heavy atom. The molecule has 0 aliphatic heterocycles. The fourth-order valence-corrected chi connectivity index (χ4v) is 5.08. The molecule has 4 atom stereocenters. The number of rotatable bonds is 13. The smallest absolute Gasteiger partial charge is 0.303 e. The molecule has 0 aromatic heterocycles. The molecule has 0 heterocycles. The van der Waals surface area contributed by atoms with Crippen molar-refractivity contribution in [1.29, 1.82) is 0 Å². The van der Waals surface area contributed by atoms with E-state index in [1.807, 2.05) is 12.2 Å². The summed E-state index contributed by atoms with van der Waals surface area (Å²) in [6, 6.07) is 0. The fraction of sp³-hybridized carbons (Fsp3) is 0.826. The van der Waals surface area contributed by atoms with E-state index in [9.17, 15) is 19.8 Å². The molecule has 5 nitrogen and oxygen atoms in total. The zero-order valence-corrected chi connectivity index (χ0v) is 17.3. The highest BCUT2D eigenvalue weighted by Gasteiger charge is 2.42. The first-order valence-electron chi connectivity index (χ1n) is 11.2. The monoisotopic (exact) mass is 394 g/mol. The van der Waals surface area contributed by atoms with Gasteiger partial charge in [-0.25, -0.2) is 0 Å². The minimum Gasteiger partial charge on any atom is -0.481 e. The maximum Gasteiger partial charge on any atom is 0.303 e. The minimum atomic E-state index is -0.760. The molecule has 0 bridgehead atoms. The second-order valence-electron chi connectivity index (χ2n) is 8.91. The molecular formula is C23H38O5. The van der Waals surface area contributed by atoms with Crippen molar-refractivity contribution in [3.63, 3.8) is 0 Å². The zero-order chi connectivity index (χ0) is 20.6. The van der Waals surface area contributed by atoms with Crippen molar-refractivity contribution < 1.29 is 24.9 Å². The van der Waals surface area contributed by atoms with E-state index in [0.717, 1.165) is 51.4 Å². The molecule has 2 aliphatic carbocycles. The molecule has 0 radical (unpaired) electrons. The summed E-state index contributed by atoms with van der Waals surface area (Å²) < 4.78 is 0. The van der Waals surface area contributed by atoms with E-state index in [1.165, 1.54) is 6.42 Å². The number of Topliss-reactive ketones (excluding diaryl/α,β-unsaturated/α-hetero) is 1. The molecule has 0 saturated heterocycles. The number of aliphatic hydroxyl groups is 2. The maximum absolute atomic E-state index is 12.3. The Bertz CT molecular complexity index is 537. The zero-order valence-electron chi connectivity index (χ0n) is 17.3. The van der Waals surface area contributed by atoms with Crippen LogP contribution in [0.4, 0.5) is 0 Å². The number of carbonyl (C=O) groups is 2. The van der Waals surface area contributed by atoms with Crippen molar-refractivity contribution in [2.45, 2.75) is 103 Å². The van der Waals surface area contributed by atoms with Crippen molar-refractivity contribution in [2.75, 3.05) is 0 Å². The molecule has 2 fully saturated rings. The Labute approximate surface area is 169 Å². The lowest BCUT2D eigenvalue weighted by atomic mass is 9.62. The van der Waals surface area contributed by atoms with Gasteiger partial charge in [-0.15, -0.1) is 0 Å². The van der Waals surface area contributed by atoms with Crippen LogP contribution in [0.3, 0.4) is 0 Å². The maximum atomic E-state index is 12.3. The van der Waals surface area contributed by atoms with E-state index in [2.05, 4.69) is 6.92 Å². The predicted octanol–water partition coefficient (Wildman–Crippen LogP) is 4.26. The van der Waals surface area contributed by atoms with Crippen LogP contribution in [0.25, 0.3) is 0 Å². The van der Waals surface area contributed by atoms with Crippen molar-refractivity contribution in [3.05, 3.63) is 12.2 Å². The Morgan fingerprint density at radius 1 is 1.25 bits per heavy atom. The normalized spacial score (nSPS) is 27.8. The quantitative estimate of drug-likeness (QED) is 0.320. The van der Waals surface area contributed by atoms with Crippen LogP contribution in [0.5, 0.6) is 0 Å². The second-order valence-corrected chi connectivity index (χ2v) is 8.91. The van der Waals surface area contributed by atoms with Gasteiger partial charge in [0, 0.05) is 24.7 Å². The van der Waals surface area contributed by atoms with Gasteiger partial charge in [0.05, 0.1) is 12.2 Å². The largest absolute Gasteiger partial charge is 0.481 e. The first-order chi connectivity index (χ1) is 13.4. The van der Waals surface area contributed by atoms with Crippen LogP contribution in [0, 0.1) is 17.3 Å². The Kier molecular flexibility index (Phi) is 9.16. The van der Waals surface area contributed by atoms with Gasteiger partial charge in [0.2, 0.25) is 0 Å². The van der Waals surface area contributed by atoms with Crippen LogP contribution in [0.15, 0.2) is 12.2 Å². The third-order valence-corrected chi connectivity index (χ3v) is 6.91. The predicted molar refractivity (Wildman–Crippen MR) is 109 cm³/mol. The Morgan fingerprint density at radius 2 is 1.96 bits per heavy atom. The van der Waals surface area contributed by atoms with Gasteiger partial charge in [0.15, 0.2) is 0 Å². The molecule has 0 aromatic carbocycles. The van der Waals surface area contributed by atoms with E-state index in [4.69, 9.17) is 5.11 Å². The molecule has 3 N–H and O–H groups in total. The van der Waals surface area contributed by atoms with E-state index in [-0.39, 0.29) is 42.0 Å². The number of carbonyl (C=O) groups excluding carboxylic acids is 1. The number of aliphatic hydroxyl groups excluding tert-OH is 2. The summed E-state index contributed by atoms with van der Waals surface area (Å²) in [6.45, 7) is 2.16. The third kappa shape index (κ3) is 6.15. The number of unbranched alkanes of at least 4 members (excludes halogenated alkanes) is 3. The lowest BCUT2D eigenvalue weighted by molar-refractivity contribution is -0.137. The fourth-order valence-electron chi connectivity index (χ4n) is 5.08. The van der Waals surface area contributed by atoms with Gasteiger partial charge in [-0.05, 0) is 43.9 Å². The first-order valence-corrected chi connectivity index (χ1v) is 11.2. The number of hydrogen-bond donors (Lipinski definition) is 3. The number of carboxylic acids is 1. The summed E-state index contributed by atoms with van der Waals surface area (Å²) >= 11 is 0. The van der Waals surface area contributed by atoms with Gasteiger partial charge >= 0.3 is 5.97 Å². The summed E-state index contributed by atoms with van der Waals surface area (Å²) in [7, 11) is 0. The second kappa shape index (κ2) is 11.1. The summed E-state index contributed by atoms with van der Waals surface area (Å²) in [6.07, 6.45) is 13.7. The van der Waals surface area contributed by atoms with Crippen LogP contribution in [0.2, 0.25) is 0 Å². The molecule has 0 amide bonds. The van der Waals surface area contributed by atoms with Gasteiger partial charge in [-0.2, -0.15) is 0 Å². The van der Waals surface area contributed by atoms with Gasteiger partial charge in [-0.3, -0.25) is 9.59 Å². The molecule has 0 unspecified atom stereocenters. The molecule has 5 heteroatoms. The Hall–Kier alpha value is -1.20. The molecule has 28 heavy (non-hydrogen) atoms. The van der Waals surface area contributed by atoms with Crippen molar-refractivity contribution >= 4 is 11.8 Å². The average molecular weight is 395 g/mol. The van der Waals surface area contributed by atoms with E-state index >= 15 is 0 Å². The SMILES string of the molecule is CCCC1([C@@H](O)C/C=C/[C@H]2[C@@H](O)CC(=O)[C@@H]2CCCCCCC(=O)O)CCC1. The lowest BCUT2D eigenvalue weighted by Gasteiger charge is -2.45. The molecule has 2 saturated carbocycles. The highest BCUT2D eigenvalue weighted by Crippen LogP contribution is 2.48.